The van der Waals surface area contributed by atoms with Crippen molar-refractivity contribution in [1.82, 2.24) is 0 Å². The van der Waals surface area contributed by atoms with Crippen LogP contribution in [-0.4, -0.2) is 0 Å². The first-order valence-corrected chi connectivity index (χ1v) is 6.99. The topological polar surface area (TPSA) is 26.0 Å². The first-order valence-electron chi connectivity index (χ1n) is 6.20. The van der Waals surface area contributed by atoms with Gasteiger partial charge >= 0.3 is 0 Å². The Hall–Kier alpha value is -0.340. The molecule has 0 bridgehead atoms. The molecule has 0 heterocycles. The molecule has 1 saturated carbocycles. The van der Waals surface area contributed by atoms with Crippen molar-refractivity contribution in [2.24, 2.45) is 11.7 Å². The summed E-state index contributed by atoms with van der Waals surface area (Å²) in [6, 6.07) is 6.70. The van der Waals surface area contributed by atoms with E-state index in [1.807, 2.05) is 0 Å². The van der Waals surface area contributed by atoms with Gasteiger partial charge in [0.15, 0.2) is 0 Å². The number of aryl methyl sites for hydroxylation is 1. The lowest BCUT2D eigenvalue weighted by molar-refractivity contribution is 0.307. The SMILES string of the molecule is Cc1ccc([C@@H](N)C2CCCCC2)c(Br)c1. The van der Waals surface area contributed by atoms with Gasteiger partial charge in [0.1, 0.15) is 0 Å². The van der Waals surface area contributed by atoms with Crippen molar-refractivity contribution in [3.8, 4) is 0 Å². The second-order valence-corrected chi connectivity index (χ2v) is 5.80. The van der Waals surface area contributed by atoms with Gasteiger partial charge in [-0.05, 0) is 42.9 Å². The van der Waals surface area contributed by atoms with Crippen LogP contribution >= 0.6 is 15.9 Å². The van der Waals surface area contributed by atoms with Crippen LogP contribution in [0.3, 0.4) is 0 Å². The summed E-state index contributed by atoms with van der Waals surface area (Å²) >= 11 is 3.63. The van der Waals surface area contributed by atoms with Crippen LogP contribution in [0.15, 0.2) is 22.7 Å². The first kappa shape index (κ1) is 12.1. The minimum atomic E-state index is 0.204. The van der Waals surface area contributed by atoms with Gasteiger partial charge in [0.05, 0.1) is 0 Å². The molecular formula is C14H20BrN. The van der Waals surface area contributed by atoms with Crippen LogP contribution in [0.4, 0.5) is 0 Å². The molecule has 1 nitrogen and oxygen atoms in total. The van der Waals surface area contributed by atoms with Gasteiger partial charge in [-0.15, -0.1) is 0 Å². The molecular weight excluding hydrogens is 262 g/mol. The Bertz CT molecular complexity index is 356. The fourth-order valence-corrected chi connectivity index (χ4v) is 3.41. The highest BCUT2D eigenvalue weighted by Gasteiger charge is 2.23. The molecule has 0 aliphatic heterocycles. The summed E-state index contributed by atoms with van der Waals surface area (Å²) in [5.74, 6) is 0.674. The number of halogens is 1. The third-order valence-electron chi connectivity index (χ3n) is 3.67. The number of hydrogen-bond donors (Lipinski definition) is 1. The zero-order valence-corrected chi connectivity index (χ0v) is 11.5. The van der Waals surface area contributed by atoms with Crippen LogP contribution in [-0.2, 0) is 0 Å². The molecule has 88 valence electrons. The maximum atomic E-state index is 6.39. The molecule has 0 aromatic heterocycles. The van der Waals surface area contributed by atoms with Gasteiger partial charge in [-0.25, -0.2) is 0 Å². The van der Waals surface area contributed by atoms with Crippen LogP contribution in [0, 0.1) is 12.8 Å². The van der Waals surface area contributed by atoms with E-state index in [2.05, 4.69) is 41.1 Å². The van der Waals surface area contributed by atoms with Gasteiger partial charge in [-0.3, -0.25) is 0 Å². The monoisotopic (exact) mass is 281 g/mol. The minimum absolute atomic E-state index is 0.204. The summed E-state index contributed by atoms with van der Waals surface area (Å²) in [5.41, 5.74) is 8.95. The Labute approximate surface area is 107 Å². The van der Waals surface area contributed by atoms with E-state index < -0.39 is 0 Å². The lowest BCUT2D eigenvalue weighted by Gasteiger charge is -2.28. The molecule has 0 unspecified atom stereocenters. The van der Waals surface area contributed by atoms with Crippen LogP contribution in [0.5, 0.6) is 0 Å². The maximum Gasteiger partial charge on any atom is 0.0334 e. The highest BCUT2D eigenvalue weighted by atomic mass is 79.9. The zero-order valence-electron chi connectivity index (χ0n) is 9.88. The molecule has 0 amide bonds. The predicted octanol–water partition coefficient (Wildman–Crippen LogP) is 4.34. The van der Waals surface area contributed by atoms with Crippen molar-refractivity contribution in [3.05, 3.63) is 33.8 Å². The van der Waals surface area contributed by atoms with Crippen LogP contribution < -0.4 is 5.73 Å². The summed E-state index contributed by atoms with van der Waals surface area (Å²) in [6.45, 7) is 2.11. The van der Waals surface area contributed by atoms with E-state index >= 15 is 0 Å². The molecule has 1 atom stereocenters. The van der Waals surface area contributed by atoms with E-state index in [4.69, 9.17) is 5.73 Å². The van der Waals surface area contributed by atoms with E-state index in [-0.39, 0.29) is 6.04 Å². The third-order valence-corrected chi connectivity index (χ3v) is 4.36. The van der Waals surface area contributed by atoms with E-state index in [9.17, 15) is 0 Å². The van der Waals surface area contributed by atoms with Gasteiger partial charge in [0.2, 0.25) is 0 Å². The Morgan fingerprint density at radius 2 is 1.94 bits per heavy atom. The predicted molar refractivity (Wildman–Crippen MR) is 72.4 cm³/mol. The van der Waals surface area contributed by atoms with Gasteiger partial charge in [0.25, 0.3) is 0 Å². The lowest BCUT2D eigenvalue weighted by Crippen LogP contribution is -2.23. The number of benzene rings is 1. The quantitative estimate of drug-likeness (QED) is 0.858. The van der Waals surface area contributed by atoms with E-state index in [0.29, 0.717) is 5.92 Å². The van der Waals surface area contributed by atoms with Crippen molar-refractivity contribution < 1.29 is 0 Å². The average Bonchev–Trinajstić information content (AvgIpc) is 2.29. The molecule has 2 rings (SSSR count). The number of nitrogens with two attached hydrogens (primary N) is 1. The molecule has 1 aromatic rings. The highest BCUT2D eigenvalue weighted by Crippen LogP contribution is 2.35. The molecule has 0 radical (unpaired) electrons. The molecule has 1 aliphatic rings. The largest absolute Gasteiger partial charge is 0.324 e. The van der Waals surface area contributed by atoms with E-state index in [0.717, 1.165) is 0 Å². The van der Waals surface area contributed by atoms with Gasteiger partial charge in [-0.2, -0.15) is 0 Å². The van der Waals surface area contributed by atoms with Crippen molar-refractivity contribution in [2.75, 3.05) is 0 Å². The molecule has 0 spiro atoms. The van der Waals surface area contributed by atoms with E-state index in [1.54, 1.807) is 0 Å². The minimum Gasteiger partial charge on any atom is -0.324 e. The molecule has 1 aromatic carbocycles. The third kappa shape index (κ3) is 2.67. The number of hydrogen-bond acceptors (Lipinski definition) is 1. The normalized spacial score (nSPS) is 19.7. The van der Waals surface area contributed by atoms with Crippen LogP contribution in [0.25, 0.3) is 0 Å². The Kier molecular flexibility index (Phi) is 4.04. The molecule has 1 aliphatic carbocycles. The molecule has 2 N–H and O–H groups in total. The standard InChI is InChI=1S/C14H20BrN/c1-10-7-8-12(13(15)9-10)14(16)11-5-3-2-4-6-11/h7-9,11,14H,2-6,16H2,1H3/t14-/m0/s1. The van der Waals surface area contributed by atoms with Crippen LogP contribution in [0.2, 0.25) is 0 Å². The van der Waals surface area contributed by atoms with Crippen LogP contribution in [0.1, 0.15) is 49.3 Å². The van der Waals surface area contributed by atoms with Crippen molar-refractivity contribution in [2.45, 2.75) is 45.1 Å². The van der Waals surface area contributed by atoms with Crippen molar-refractivity contribution in [1.29, 1.82) is 0 Å². The van der Waals surface area contributed by atoms with Gasteiger partial charge < -0.3 is 5.73 Å². The Balaban J connectivity index is 2.15. The molecule has 16 heavy (non-hydrogen) atoms. The fraction of sp³-hybridized carbons (Fsp3) is 0.571. The fourth-order valence-electron chi connectivity index (χ4n) is 2.65. The summed E-state index contributed by atoms with van der Waals surface area (Å²) in [7, 11) is 0. The van der Waals surface area contributed by atoms with Gasteiger partial charge in [-0.1, -0.05) is 47.3 Å². The summed E-state index contributed by atoms with van der Waals surface area (Å²) in [4.78, 5) is 0. The van der Waals surface area contributed by atoms with Crippen molar-refractivity contribution in [3.63, 3.8) is 0 Å². The van der Waals surface area contributed by atoms with E-state index in [1.165, 1.54) is 47.7 Å². The smallest absolute Gasteiger partial charge is 0.0334 e. The Morgan fingerprint density at radius 1 is 1.25 bits per heavy atom. The highest BCUT2D eigenvalue weighted by molar-refractivity contribution is 9.10. The number of rotatable bonds is 2. The molecule has 2 heteroatoms. The Morgan fingerprint density at radius 3 is 2.56 bits per heavy atom. The first-order chi connectivity index (χ1) is 7.68. The van der Waals surface area contributed by atoms with Gasteiger partial charge in [0, 0.05) is 10.5 Å². The summed E-state index contributed by atoms with van der Waals surface area (Å²) < 4.78 is 1.17. The second kappa shape index (κ2) is 5.33. The maximum absolute atomic E-state index is 6.39. The van der Waals surface area contributed by atoms with Crippen molar-refractivity contribution >= 4 is 15.9 Å². The average molecular weight is 282 g/mol. The second-order valence-electron chi connectivity index (χ2n) is 4.95. The zero-order chi connectivity index (χ0) is 11.5. The summed E-state index contributed by atoms with van der Waals surface area (Å²) in [6.07, 6.45) is 6.67. The lowest BCUT2D eigenvalue weighted by atomic mass is 9.81. The summed E-state index contributed by atoms with van der Waals surface area (Å²) in [5, 5.41) is 0. The molecule has 1 fully saturated rings. The molecule has 0 saturated heterocycles.